The van der Waals surface area contributed by atoms with Gasteiger partial charge in [-0.2, -0.15) is 0 Å². The summed E-state index contributed by atoms with van der Waals surface area (Å²) in [6.07, 6.45) is -31.6. The van der Waals surface area contributed by atoms with Gasteiger partial charge in [0.25, 0.3) is 11.8 Å². The summed E-state index contributed by atoms with van der Waals surface area (Å²) in [6.45, 7) is -2.35. The zero-order valence-electron chi connectivity index (χ0n) is 73.6. The summed E-state index contributed by atoms with van der Waals surface area (Å²) in [4.78, 5) is 151. The molecule has 2 rings (SSSR count). The topological polar surface area (TPSA) is 773 Å². The van der Waals surface area contributed by atoms with Crippen molar-refractivity contribution in [3.8, 4) is 0 Å². The molecule has 48 nitrogen and oxygen atoms in total. The molecule has 129 heavy (non-hydrogen) atoms. The van der Waals surface area contributed by atoms with Crippen molar-refractivity contribution in [2.24, 2.45) is 11.7 Å². The van der Waals surface area contributed by atoms with Gasteiger partial charge in [-0.05, 0) is 114 Å². The molecule has 48 heteroatoms. The van der Waals surface area contributed by atoms with E-state index in [0.717, 1.165) is 29.0 Å². The summed E-state index contributed by atoms with van der Waals surface area (Å²) < 4.78 is 21.7. The van der Waals surface area contributed by atoms with E-state index >= 15 is 4.79 Å². The zero-order chi connectivity index (χ0) is 96.8. The van der Waals surface area contributed by atoms with Gasteiger partial charge in [-0.1, -0.05) is 32.9 Å². The highest BCUT2D eigenvalue weighted by atomic mass is 16.5. The number of nitrogens with two attached hydrogens (primary N) is 1. The SMILES string of the molecule is CCc1ccc(NC(=O)[C@H](CCCNC(N)=O)NC(=O)[C@@H](NC(=O)CCC(=O)NCCCC[C@H](NC(=O)[C@H](CCCCN(C[C@H](O)[C@@H](O)[C@H](O)[C@H](O)CO)C[C@H](O)[C@@H](O)[C@H](O)[C@H](O)CO)NC(=O)CCOCCOCCOCCN2C(=O)C=CC2=O)C(=O)N[C@@H](CCCCN(C[C@H](O)[C@@H](O)[C@H](O)[C@H](O)CO)C[C@H](O)[C@@H](O)[C@H](O)[C@H](O)CO)C(=O)NCCOC)C(C)C)cc1. The number of imide groups is 1. The van der Waals surface area contributed by atoms with E-state index < -0.39 is 271 Å². The molecule has 1 heterocycles. The number of methoxy groups -OCH3 is 1. The molecule has 1 aromatic rings. The van der Waals surface area contributed by atoms with Gasteiger partial charge in [-0.15, -0.1) is 0 Å². The number of amides is 12. The van der Waals surface area contributed by atoms with Gasteiger partial charge in [0.05, 0.1) is 104 Å². The van der Waals surface area contributed by atoms with Gasteiger partial charge in [0.1, 0.15) is 103 Å². The largest absolute Gasteiger partial charge is 0.394 e. The van der Waals surface area contributed by atoms with Crippen LogP contribution in [0.15, 0.2) is 36.4 Å². The van der Waals surface area contributed by atoms with E-state index in [9.17, 15) is 150 Å². The number of aliphatic hydroxyl groups is 20. The fraction of sp³-hybridized carbons (Fsp3) is 0.765. The molecule has 0 spiro atoms. The van der Waals surface area contributed by atoms with Crippen LogP contribution >= 0.6 is 0 Å². The van der Waals surface area contributed by atoms with Crippen LogP contribution in [0.3, 0.4) is 0 Å². The van der Waals surface area contributed by atoms with E-state index in [1.54, 1.807) is 26.0 Å². The maximum atomic E-state index is 15.0. The normalized spacial score (nSPS) is 17.3. The number of carbonyl (C=O) groups is 11. The van der Waals surface area contributed by atoms with E-state index in [0.29, 0.717) is 5.69 Å². The van der Waals surface area contributed by atoms with Gasteiger partial charge in [-0.25, -0.2) is 4.79 Å². The number of rotatable bonds is 74. The van der Waals surface area contributed by atoms with Crippen LogP contribution in [0.5, 0.6) is 0 Å². The van der Waals surface area contributed by atoms with Gasteiger partial charge in [0.2, 0.25) is 47.3 Å². The molecule has 0 fully saturated rings. The molecule has 21 atom stereocenters. The Bertz CT molecular complexity index is 3370. The van der Waals surface area contributed by atoms with Crippen LogP contribution in [0.1, 0.15) is 116 Å². The first kappa shape index (κ1) is 117. The number of primary amides is 1. The number of hydrogen-bond donors (Lipinski definition) is 30. The Morgan fingerprint density at radius 1 is 0.395 bits per heavy atom. The number of hydrogen-bond acceptors (Lipinski definition) is 37. The van der Waals surface area contributed by atoms with Crippen LogP contribution in [-0.2, 0) is 73.3 Å². The van der Waals surface area contributed by atoms with Gasteiger partial charge >= 0.3 is 6.03 Å². The minimum Gasteiger partial charge on any atom is -0.394 e. The number of anilines is 1. The van der Waals surface area contributed by atoms with Crippen LogP contribution in [0.2, 0.25) is 0 Å². The Balaban J connectivity index is 2.64. The number of aryl methyl sites for hydroxylation is 1. The molecule has 1 aliphatic heterocycles. The zero-order valence-corrected chi connectivity index (χ0v) is 73.6. The van der Waals surface area contributed by atoms with Crippen molar-refractivity contribution in [1.29, 1.82) is 0 Å². The maximum Gasteiger partial charge on any atom is 0.312 e. The van der Waals surface area contributed by atoms with Crippen LogP contribution in [-0.4, -0.2) is 455 Å². The molecule has 31 N–H and O–H groups in total. The third-order valence-electron chi connectivity index (χ3n) is 20.9. The predicted octanol–water partition coefficient (Wildman–Crippen LogP) is -12.4. The number of carbonyl (C=O) groups excluding carboxylic acids is 11. The average Bonchev–Trinajstić information content (AvgIpc) is 1.83. The number of nitrogens with one attached hydrogen (secondary N) is 9. The third kappa shape index (κ3) is 46.3. The second kappa shape index (κ2) is 65.6. The second-order valence-electron chi connectivity index (χ2n) is 31.6. The highest BCUT2D eigenvalue weighted by molar-refractivity contribution is 6.12. The number of nitrogens with zero attached hydrogens (tertiary/aromatic N) is 3. The molecule has 0 unspecified atom stereocenters. The molecule has 0 aliphatic carbocycles. The molecular formula is C81H143N13O35. The van der Waals surface area contributed by atoms with Crippen molar-refractivity contribution in [2.75, 3.05) is 151 Å². The van der Waals surface area contributed by atoms with Crippen molar-refractivity contribution in [1.82, 2.24) is 57.2 Å². The Kier molecular flexibility index (Phi) is 59.6. The summed E-state index contributed by atoms with van der Waals surface area (Å²) in [5.74, 6) is -7.81. The maximum absolute atomic E-state index is 15.0. The highest BCUT2D eigenvalue weighted by Crippen LogP contribution is 2.19. The van der Waals surface area contributed by atoms with E-state index in [1.807, 2.05) is 19.1 Å². The Morgan fingerprint density at radius 3 is 1.19 bits per heavy atom. The van der Waals surface area contributed by atoms with Crippen LogP contribution in [0, 0.1) is 5.92 Å². The van der Waals surface area contributed by atoms with Crippen LogP contribution in [0.25, 0.3) is 0 Å². The number of urea groups is 1. The van der Waals surface area contributed by atoms with E-state index in [-0.39, 0.29) is 156 Å². The van der Waals surface area contributed by atoms with Gasteiger partial charge in [-0.3, -0.25) is 62.6 Å². The summed E-state index contributed by atoms with van der Waals surface area (Å²) in [6, 6.07) is -0.817. The Hall–Kier alpha value is -7.91. The highest BCUT2D eigenvalue weighted by Gasteiger charge is 2.39. The molecule has 1 aromatic carbocycles. The van der Waals surface area contributed by atoms with E-state index in [1.165, 1.54) is 16.9 Å². The number of unbranched alkanes of at least 4 members (excludes halogenated alkanes) is 3. The van der Waals surface area contributed by atoms with Crippen molar-refractivity contribution < 1.29 is 174 Å². The standard InChI is InChI=1S/C81H143N13O35/c1-5-48-17-19-49(20-18-48)86-77(121)53(16-12-27-85-81(82)125)90-80(124)67(47(2)3)91-63(108)22-21-62(107)83-26-9-6-13-52(79(123)88-50(76(120)84-28-33-126-4)14-7-10-29-92(39-54(99)68(112)72(116)58(103)43-95)40-55(100)69(113)73(117)59(104)44-96)89-78(122)51(87-64(109)25-32-127-35-37-129-38-36-128-34-31-94-65(110)23-24-66(94)111)15-8-11-30-93(41-56(101)70(114)74(118)60(105)45-97)42-57(102)71(115)75(119)61(106)46-98/h17-20,23-24,47,50-61,67-75,95-106,112-119H,5-16,21-22,25-46H2,1-4H3,(H,83,107)(H,84,120)(H,86,121)(H,87,109)(H,88,123)(H,89,122)(H,90,124)(H,91,108)(H3,82,85,125)/t50-,51-,52-,53-,54-,55-,56-,57-,58+,59+,60+,61+,67-,68+,69+,70+,71+,72+,73+,74+,75+/m0/s1. The van der Waals surface area contributed by atoms with E-state index in [4.69, 9.17) is 24.7 Å². The molecule has 12 amide bonds. The minimum atomic E-state index is -2.15. The lowest BCUT2D eigenvalue weighted by atomic mass is 10.0. The van der Waals surface area contributed by atoms with Crippen LogP contribution < -0.4 is 53.6 Å². The monoisotopic (exact) mass is 1860 g/mol. The van der Waals surface area contributed by atoms with Gasteiger partial charge < -0.3 is 175 Å². The number of benzene rings is 1. The van der Waals surface area contributed by atoms with Gasteiger partial charge in [0.15, 0.2) is 0 Å². The van der Waals surface area contributed by atoms with E-state index in [2.05, 4.69) is 47.9 Å². The fourth-order valence-electron chi connectivity index (χ4n) is 13.1. The summed E-state index contributed by atoms with van der Waals surface area (Å²) in [7, 11) is 1.33. The van der Waals surface area contributed by atoms with Crippen LogP contribution in [0.4, 0.5) is 10.5 Å². The first-order valence-electron chi connectivity index (χ1n) is 43.2. The summed E-state index contributed by atoms with van der Waals surface area (Å²) in [5.41, 5.74) is 6.67. The third-order valence-corrected chi connectivity index (χ3v) is 20.9. The summed E-state index contributed by atoms with van der Waals surface area (Å²) in [5, 5.41) is 230. The minimum absolute atomic E-state index is 0.00559. The Morgan fingerprint density at radius 2 is 0.767 bits per heavy atom. The number of ether oxygens (including phenoxy) is 4. The molecular weight excluding hydrogens is 1710 g/mol. The second-order valence-corrected chi connectivity index (χ2v) is 31.6. The Labute approximate surface area is 748 Å². The lowest BCUT2D eigenvalue weighted by Gasteiger charge is -2.33. The molecule has 0 radical (unpaired) electrons. The molecule has 0 bridgehead atoms. The average molecular weight is 1860 g/mol. The summed E-state index contributed by atoms with van der Waals surface area (Å²) >= 11 is 0. The van der Waals surface area contributed by atoms with Crippen molar-refractivity contribution in [2.45, 2.75) is 245 Å². The molecule has 1 aliphatic rings. The van der Waals surface area contributed by atoms with Crippen molar-refractivity contribution in [3.05, 3.63) is 42.0 Å². The van der Waals surface area contributed by atoms with Crippen molar-refractivity contribution in [3.63, 3.8) is 0 Å². The molecule has 0 saturated heterocycles. The van der Waals surface area contributed by atoms with Crippen molar-refractivity contribution >= 4 is 70.8 Å². The lowest BCUT2D eigenvalue weighted by molar-refractivity contribution is -0.138. The first-order chi connectivity index (χ1) is 61.2. The molecule has 742 valence electrons. The molecule has 0 saturated carbocycles. The quantitative estimate of drug-likeness (QED) is 0.0213. The lowest BCUT2D eigenvalue weighted by Crippen LogP contribution is -2.57. The van der Waals surface area contributed by atoms with Gasteiger partial charge in [0, 0.05) is 90.0 Å². The smallest absolute Gasteiger partial charge is 0.312 e. The molecule has 0 aromatic heterocycles. The first-order valence-corrected chi connectivity index (χ1v) is 43.2. The predicted molar refractivity (Wildman–Crippen MR) is 455 cm³/mol. The number of aliphatic hydroxyl groups excluding tert-OH is 20. The fourth-order valence-corrected chi connectivity index (χ4v) is 13.1.